The number of rotatable bonds is 17. The van der Waals surface area contributed by atoms with Crippen LogP contribution in [0.25, 0.3) is 10.8 Å². The fourth-order valence-electron chi connectivity index (χ4n) is 7.26. The van der Waals surface area contributed by atoms with E-state index in [0.717, 1.165) is 16.5 Å². The number of sulfonamides is 2. The van der Waals surface area contributed by atoms with E-state index in [1.807, 2.05) is 20.8 Å². The summed E-state index contributed by atoms with van der Waals surface area (Å²) in [6, 6.07) is 8.74. The van der Waals surface area contributed by atoms with Crippen molar-refractivity contribution in [1.29, 1.82) is 0 Å². The van der Waals surface area contributed by atoms with Crippen molar-refractivity contribution in [2.45, 2.75) is 108 Å². The van der Waals surface area contributed by atoms with Gasteiger partial charge in [0.05, 0.1) is 9.79 Å². The fraction of sp³-hybridized carbons (Fsp3) is 0.500. The smallest absolute Gasteiger partial charge is 0.306 e. The fourth-order valence-corrected chi connectivity index (χ4v) is 10.2. The standard InChI is InChI=1S/C40H53ClN6O9S2/c1-25-26(2)37(27(3)32-23-40(4,5)56-36(25)32)58(53,54)46-39(42)44-16-8-9-33(38(50)47-19-17-43-18-20-47)45-57(51,52)31-15-14-29-21-28(12-13-30(29)22-31)24-55-35(49)11-7-6-10-34(41)48/h12-15,21-22,33,43,45H,6-11,16-20,23-24H2,1-5H3,(H3,42,44,46)/t33-/m0/s1. The van der Waals surface area contributed by atoms with Gasteiger partial charge >= 0.3 is 5.97 Å². The van der Waals surface area contributed by atoms with Gasteiger partial charge in [0, 0.05) is 57.5 Å². The van der Waals surface area contributed by atoms with Gasteiger partial charge in [-0.25, -0.2) is 21.6 Å². The summed E-state index contributed by atoms with van der Waals surface area (Å²) in [7, 11) is -8.31. The molecule has 18 heteroatoms. The van der Waals surface area contributed by atoms with Crippen LogP contribution in [0.3, 0.4) is 0 Å². The third kappa shape index (κ3) is 11.3. The Morgan fingerprint density at radius 1 is 0.948 bits per heavy atom. The molecule has 5 rings (SSSR count). The first-order valence-corrected chi connectivity index (χ1v) is 22.7. The Hall–Kier alpha value is -4.29. The third-order valence-corrected chi connectivity index (χ3v) is 13.6. The number of halogens is 1. The van der Waals surface area contributed by atoms with Gasteiger partial charge in [0.15, 0.2) is 0 Å². The first kappa shape index (κ1) is 44.8. The molecule has 3 aromatic carbocycles. The van der Waals surface area contributed by atoms with Crippen LogP contribution in [0.1, 0.15) is 80.2 Å². The number of hydrogen-bond acceptors (Lipinski definition) is 11. The van der Waals surface area contributed by atoms with Crippen molar-refractivity contribution in [2.24, 2.45) is 10.7 Å². The zero-order chi connectivity index (χ0) is 42.4. The average molecular weight is 861 g/mol. The monoisotopic (exact) mass is 860 g/mol. The highest BCUT2D eigenvalue weighted by atomic mass is 35.5. The number of carbonyl (C=O) groups is 3. The summed E-state index contributed by atoms with van der Waals surface area (Å²) in [4.78, 5) is 42.6. The van der Waals surface area contributed by atoms with E-state index in [-0.39, 0.29) is 60.5 Å². The molecule has 1 saturated heterocycles. The summed E-state index contributed by atoms with van der Waals surface area (Å²) in [5.41, 5.74) is 9.06. The highest BCUT2D eigenvalue weighted by molar-refractivity contribution is 7.90. The Morgan fingerprint density at radius 2 is 1.62 bits per heavy atom. The molecule has 316 valence electrons. The van der Waals surface area contributed by atoms with Crippen LogP contribution < -0.4 is 25.2 Å². The van der Waals surface area contributed by atoms with Crippen molar-refractivity contribution in [3.05, 3.63) is 64.2 Å². The molecule has 0 unspecified atom stereocenters. The molecule has 0 bridgehead atoms. The average Bonchev–Trinajstić information content (AvgIpc) is 3.51. The summed E-state index contributed by atoms with van der Waals surface area (Å²) < 4.78 is 71.3. The lowest BCUT2D eigenvalue weighted by molar-refractivity contribution is -0.145. The van der Waals surface area contributed by atoms with Crippen LogP contribution in [0.4, 0.5) is 0 Å². The molecule has 5 N–H and O–H groups in total. The minimum atomic E-state index is -4.19. The van der Waals surface area contributed by atoms with E-state index in [0.29, 0.717) is 73.3 Å². The van der Waals surface area contributed by atoms with Crippen LogP contribution in [0.5, 0.6) is 5.75 Å². The van der Waals surface area contributed by atoms with Crippen LogP contribution in [0, 0.1) is 20.8 Å². The van der Waals surface area contributed by atoms with E-state index in [1.54, 1.807) is 43.0 Å². The number of ether oxygens (including phenoxy) is 2. The molecule has 2 aliphatic rings. The molecule has 0 radical (unpaired) electrons. The number of benzene rings is 3. The topological polar surface area (TPSA) is 216 Å². The number of nitrogens with two attached hydrogens (primary N) is 1. The zero-order valence-corrected chi connectivity index (χ0v) is 36.0. The zero-order valence-electron chi connectivity index (χ0n) is 33.6. The number of guanidine groups is 1. The molecular weight excluding hydrogens is 808 g/mol. The van der Waals surface area contributed by atoms with Crippen molar-refractivity contribution in [2.75, 3.05) is 32.7 Å². The maximum Gasteiger partial charge on any atom is 0.306 e. The predicted octanol–water partition coefficient (Wildman–Crippen LogP) is 4.00. The number of piperazine rings is 1. The lowest BCUT2D eigenvalue weighted by Crippen LogP contribution is -2.54. The number of nitrogens with zero attached hydrogens (tertiary/aromatic N) is 2. The van der Waals surface area contributed by atoms with Crippen molar-refractivity contribution in [3.8, 4) is 5.75 Å². The number of esters is 1. The molecule has 1 atom stereocenters. The normalized spacial score (nSPS) is 16.1. The predicted molar refractivity (Wildman–Crippen MR) is 222 cm³/mol. The second kappa shape index (κ2) is 18.7. The Bertz CT molecular complexity index is 2310. The number of hydrogen-bond donors (Lipinski definition) is 4. The number of nitrogens with one attached hydrogen (secondary N) is 3. The van der Waals surface area contributed by atoms with Crippen molar-refractivity contribution in [1.82, 2.24) is 19.7 Å². The maximum atomic E-state index is 13.8. The molecule has 1 fully saturated rings. The van der Waals surface area contributed by atoms with Crippen LogP contribution in [-0.2, 0) is 52.2 Å². The molecule has 0 spiro atoms. The number of fused-ring (bicyclic) bond motifs is 2. The molecule has 2 heterocycles. The minimum absolute atomic E-state index is 0.0211. The van der Waals surface area contributed by atoms with Gasteiger partial charge in [-0.2, -0.15) is 4.72 Å². The maximum absolute atomic E-state index is 13.8. The quantitative estimate of drug-likeness (QED) is 0.0501. The Morgan fingerprint density at radius 3 is 2.33 bits per heavy atom. The molecule has 3 aromatic rings. The van der Waals surface area contributed by atoms with Gasteiger partial charge in [-0.15, -0.1) is 0 Å². The van der Waals surface area contributed by atoms with Gasteiger partial charge in [-0.3, -0.25) is 19.4 Å². The molecule has 58 heavy (non-hydrogen) atoms. The van der Waals surface area contributed by atoms with Gasteiger partial charge in [0.25, 0.3) is 10.0 Å². The van der Waals surface area contributed by atoms with Crippen molar-refractivity contribution >= 4 is 65.5 Å². The van der Waals surface area contributed by atoms with Crippen LogP contribution in [0.15, 0.2) is 51.2 Å². The summed E-state index contributed by atoms with van der Waals surface area (Å²) >= 11 is 5.33. The summed E-state index contributed by atoms with van der Waals surface area (Å²) in [5.74, 6) is -0.389. The number of carbonyl (C=O) groups excluding carboxylic acids is 3. The van der Waals surface area contributed by atoms with Crippen LogP contribution in [0.2, 0.25) is 0 Å². The lowest BCUT2D eigenvalue weighted by atomic mass is 9.94. The van der Waals surface area contributed by atoms with E-state index >= 15 is 0 Å². The number of unbranched alkanes of at least 4 members (excludes halogenated alkanes) is 1. The summed E-state index contributed by atoms with van der Waals surface area (Å²) in [6.45, 7) is 11.2. The molecular formula is C40H53ClN6O9S2. The summed E-state index contributed by atoms with van der Waals surface area (Å²) in [6.07, 6.45) is 2.20. The lowest BCUT2D eigenvalue weighted by Gasteiger charge is -2.31. The molecule has 0 aromatic heterocycles. The first-order valence-electron chi connectivity index (χ1n) is 19.3. The SMILES string of the molecule is Cc1c(C)c(S(=O)(=O)NC(N)=NCCC[C@H](NS(=O)(=O)c2ccc3cc(COC(=O)CCCCC(=O)Cl)ccc3c2)C(=O)N2CCNCC2)c(C)c2c1OC(C)(C)C2. The Balaban J connectivity index is 1.24. The van der Waals surface area contributed by atoms with E-state index in [1.165, 1.54) is 12.1 Å². The molecule has 0 saturated carbocycles. The third-order valence-electron chi connectivity index (χ3n) is 10.3. The van der Waals surface area contributed by atoms with Gasteiger partial charge in [-0.05, 0) is 123 Å². The van der Waals surface area contributed by atoms with Gasteiger partial charge in [0.2, 0.25) is 27.1 Å². The highest BCUT2D eigenvalue weighted by Gasteiger charge is 2.37. The minimum Gasteiger partial charge on any atom is -0.487 e. The van der Waals surface area contributed by atoms with Crippen LogP contribution in [-0.4, -0.2) is 89.2 Å². The largest absolute Gasteiger partial charge is 0.487 e. The van der Waals surface area contributed by atoms with E-state index in [4.69, 9.17) is 26.8 Å². The molecule has 15 nitrogen and oxygen atoms in total. The second-order valence-corrected chi connectivity index (χ2v) is 19.1. The van der Waals surface area contributed by atoms with Crippen molar-refractivity contribution < 1.29 is 40.7 Å². The molecule has 0 aliphatic carbocycles. The Labute approximate surface area is 345 Å². The number of aliphatic imine (C=N–C) groups is 1. The second-order valence-electron chi connectivity index (χ2n) is 15.4. The first-order chi connectivity index (χ1) is 27.3. The summed E-state index contributed by atoms with van der Waals surface area (Å²) in [5, 5.41) is 4.09. The highest BCUT2D eigenvalue weighted by Crippen LogP contribution is 2.43. The number of amides is 1. The molecule has 2 aliphatic heterocycles. The van der Waals surface area contributed by atoms with E-state index in [9.17, 15) is 31.2 Å². The van der Waals surface area contributed by atoms with E-state index in [2.05, 4.69) is 19.8 Å². The van der Waals surface area contributed by atoms with Gasteiger partial charge in [-0.1, -0.05) is 18.2 Å². The van der Waals surface area contributed by atoms with Crippen LogP contribution >= 0.6 is 11.6 Å². The Kier molecular flexibility index (Phi) is 14.5. The van der Waals surface area contributed by atoms with Gasteiger partial charge in [0.1, 0.15) is 24.0 Å². The van der Waals surface area contributed by atoms with E-state index < -0.39 is 42.9 Å². The molecule has 1 amide bonds. The van der Waals surface area contributed by atoms with Gasteiger partial charge < -0.3 is 25.4 Å². The van der Waals surface area contributed by atoms with Crippen molar-refractivity contribution in [3.63, 3.8) is 0 Å².